The lowest BCUT2D eigenvalue weighted by molar-refractivity contribution is 0.194. The van der Waals surface area contributed by atoms with Crippen LogP contribution in [0.4, 0.5) is 34.1 Å². The van der Waals surface area contributed by atoms with Gasteiger partial charge in [-0.1, -0.05) is 168 Å². The fraction of sp³-hybridized carbons (Fsp3) is 0.326. The number of aryl methyl sites for hydroxylation is 3. The van der Waals surface area contributed by atoms with Crippen LogP contribution >= 0.6 is 0 Å². The lowest BCUT2D eigenvalue weighted by Crippen LogP contribution is -2.54. The highest BCUT2D eigenvalue weighted by molar-refractivity contribution is 6.39. The van der Waals surface area contributed by atoms with Crippen molar-refractivity contribution < 1.29 is 0 Å². The van der Waals surface area contributed by atoms with E-state index in [0.29, 0.717) is 0 Å². The molecule has 0 spiro atoms. The van der Waals surface area contributed by atoms with Crippen molar-refractivity contribution in [3.63, 3.8) is 0 Å². The summed E-state index contributed by atoms with van der Waals surface area (Å²) in [5, 5.41) is 16.4. The van der Waals surface area contributed by atoms with Crippen LogP contribution in [0.5, 0.6) is 0 Å². The number of rotatable bonds is 6. The maximum Gasteiger partial charge on any atom is 0.0518 e. The van der Waals surface area contributed by atoms with Crippen molar-refractivity contribution in [3.05, 3.63) is 226 Å². The number of fused-ring (bicyclic) bond motifs is 15. The van der Waals surface area contributed by atoms with Crippen LogP contribution in [-0.2, 0) is 16.2 Å². The van der Waals surface area contributed by atoms with Crippen molar-refractivity contribution >= 4 is 98.8 Å². The highest BCUT2D eigenvalue weighted by Gasteiger charge is 2.62. The van der Waals surface area contributed by atoms with E-state index in [1.165, 1.54) is 243 Å². The summed E-state index contributed by atoms with van der Waals surface area (Å²) in [5.74, 6) is 0. The van der Waals surface area contributed by atoms with Crippen LogP contribution < -0.4 is 14.7 Å². The average molecular weight is 1240 g/mol. The third-order valence-electron chi connectivity index (χ3n) is 27.8. The standard InChI is InChI=1S/C92H89N3/c1-54-49-71(57(4)81-84(54)93(60-29-16-13-17-30-60)90(10)46-25-22-43-87(81,90)7)63-37-38-68-75-53-77-70-42-40-67(73-51-56(3)86-83(59(73)6)89(9)45-24-27-48-92(89,12)95(86)62-33-20-15-21-34-62)79-66(39-41-69(80(70)79)76(77)52-74(75)65-36-28-35-64(63)78(65)68)72-50-55(2)85-82(58(72)5)88(8)44-23-26-47-91(88,11)94(85)61-31-18-14-19-32-61/h13-21,28-42,49-53H,22-27,43-48H2,1-12H3. The van der Waals surface area contributed by atoms with Gasteiger partial charge in [0.2, 0.25) is 0 Å². The molecule has 95 heavy (non-hydrogen) atoms. The second kappa shape index (κ2) is 19.5. The normalized spacial score (nSPS) is 25.4. The maximum atomic E-state index is 2.79. The number of para-hydroxylation sites is 3. The molecule has 0 bridgehead atoms. The van der Waals surface area contributed by atoms with Crippen LogP contribution in [0.3, 0.4) is 0 Å². The van der Waals surface area contributed by atoms with Crippen LogP contribution in [-0.4, -0.2) is 16.6 Å². The van der Waals surface area contributed by atoms with E-state index in [1.807, 2.05) is 0 Å². The van der Waals surface area contributed by atoms with Gasteiger partial charge in [-0.25, -0.2) is 0 Å². The summed E-state index contributed by atoms with van der Waals surface area (Å²) in [6.45, 7) is 30.3. The second-order valence-electron chi connectivity index (χ2n) is 32.1. The summed E-state index contributed by atoms with van der Waals surface area (Å²) in [6, 6.07) is 69.4. The molecule has 3 saturated carbocycles. The topological polar surface area (TPSA) is 9.72 Å². The van der Waals surface area contributed by atoms with Gasteiger partial charge < -0.3 is 14.7 Å². The third-order valence-corrected chi connectivity index (χ3v) is 27.8. The van der Waals surface area contributed by atoms with Gasteiger partial charge in [-0.15, -0.1) is 0 Å². The van der Waals surface area contributed by atoms with Gasteiger partial charge in [0.05, 0.1) is 16.6 Å². The molecular weight excluding hydrogens is 1150 g/mol. The Bertz CT molecular complexity index is 5220. The van der Waals surface area contributed by atoms with Crippen LogP contribution in [0, 0.1) is 41.5 Å². The highest BCUT2D eigenvalue weighted by atomic mass is 15.3. The van der Waals surface area contributed by atoms with E-state index in [0.717, 1.165) is 0 Å². The minimum Gasteiger partial charge on any atom is -0.334 e. The Morgan fingerprint density at radius 3 is 0.926 bits per heavy atom. The summed E-state index contributed by atoms with van der Waals surface area (Å²) in [4.78, 5) is 8.34. The summed E-state index contributed by atoms with van der Waals surface area (Å²) in [6.07, 6.45) is 14.6. The second-order valence-corrected chi connectivity index (χ2v) is 32.1. The van der Waals surface area contributed by atoms with E-state index in [4.69, 9.17) is 0 Å². The molecule has 6 unspecified atom stereocenters. The van der Waals surface area contributed by atoms with Crippen molar-refractivity contribution in [1.29, 1.82) is 0 Å². The first-order valence-electron chi connectivity index (χ1n) is 36.2. The molecule has 0 aromatic heterocycles. The number of benzene rings is 11. The van der Waals surface area contributed by atoms with E-state index in [1.54, 1.807) is 16.7 Å². The number of hydrogen-bond acceptors (Lipinski definition) is 3. The van der Waals surface area contributed by atoms with E-state index in [-0.39, 0.29) is 32.9 Å². The zero-order valence-electron chi connectivity index (χ0n) is 58.1. The molecule has 3 fully saturated rings. The Morgan fingerprint density at radius 2 is 0.558 bits per heavy atom. The van der Waals surface area contributed by atoms with Crippen molar-refractivity contribution in [2.24, 2.45) is 0 Å². The van der Waals surface area contributed by atoms with Crippen molar-refractivity contribution in [2.45, 2.75) is 193 Å². The SMILES string of the molecule is Cc1cc(-c2ccc3c4cc5c(cc4c4cccc2c43)c2ccc(-c3cc(C)c4c(c3C)C3(C)CCCCC3(C)N4c3ccccc3)c3c(-c4cc(C)c6c(c4C)C4(C)CCCCC4(C)N6c4ccccc4)ccc5c32)c(C)c2c1N(c1ccccc1)C1(C)CCCCC21C. The van der Waals surface area contributed by atoms with Crippen molar-refractivity contribution in [2.75, 3.05) is 14.7 Å². The molecule has 472 valence electrons. The molecule has 19 rings (SSSR count). The van der Waals surface area contributed by atoms with Crippen LogP contribution in [0.2, 0.25) is 0 Å². The molecule has 0 amide bonds. The van der Waals surface area contributed by atoms with E-state index in [9.17, 15) is 0 Å². The molecule has 0 N–H and O–H groups in total. The van der Waals surface area contributed by atoms with Gasteiger partial charge >= 0.3 is 0 Å². The van der Waals surface area contributed by atoms with E-state index in [2.05, 4.69) is 274 Å². The molecule has 6 aliphatic rings. The fourth-order valence-corrected chi connectivity index (χ4v) is 22.9. The monoisotopic (exact) mass is 1240 g/mol. The molecule has 13 aromatic rings. The predicted octanol–water partition coefficient (Wildman–Crippen LogP) is 25.6. The molecule has 3 heterocycles. The largest absolute Gasteiger partial charge is 0.334 e. The van der Waals surface area contributed by atoms with Gasteiger partial charge in [0, 0.05) is 50.4 Å². The van der Waals surface area contributed by atoms with Gasteiger partial charge in [-0.05, 0) is 316 Å². The quantitative estimate of drug-likeness (QED) is 0.164. The molecule has 3 nitrogen and oxygen atoms in total. The first kappa shape index (κ1) is 57.8. The number of hydrogen-bond donors (Lipinski definition) is 0. The van der Waals surface area contributed by atoms with Crippen molar-refractivity contribution in [1.82, 2.24) is 0 Å². The van der Waals surface area contributed by atoms with Crippen LogP contribution in [0.15, 0.2) is 176 Å². The number of anilines is 6. The Hall–Kier alpha value is -8.66. The highest BCUT2D eigenvalue weighted by Crippen LogP contribution is 2.68. The van der Waals surface area contributed by atoms with E-state index < -0.39 is 0 Å². The first-order valence-corrected chi connectivity index (χ1v) is 36.2. The Balaban J connectivity index is 0.850. The maximum absolute atomic E-state index is 2.79. The molecule has 3 aliphatic carbocycles. The van der Waals surface area contributed by atoms with Crippen LogP contribution in [0.25, 0.3) is 98.0 Å². The third kappa shape index (κ3) is 7.03. The van der Waals surface area contributed by atoms with Crippen LogP contribution in [0.1, 0.15) is 169 Å². The molecule has 6 atom stereocenters. The minimum absolute atomic E-state index is 0.0134. The smallest absolute Gasteiger partial charge is 0.0518 e. The molecule has 3 heteroatoms. The van der Waals surface area contributed by atoms with Gasteiger partial charge in [-0.3, -0.25) is 0 Å². The molecule has 13 aromatic carbocycles. The minimum atomic E-state index is -0.0557. The lowest BCUT2D eigenvalue weighted by Gasteiger charge is -2.50. The summed E-state index contributed by atoms with van der Waals surface area (Å²) < 4.78 is 0. The molecule has 0 radical (unpaired) electrons. The van der Waals surface area contributed by atoms with Gasteiger partial charge in [0.1, 0.15) is 0 Å². The predicted molar refractivity (Wildman–Crippen MR) is 407 cm³/mol. The molecule has 3 aliphatic heterocycles. The summed E-state index contributed by atoms with van der Waals surface area (Å²) >= 11 is 0. The Morgan fingerprint density at radius 1 is 0.253 bits per heavy atom. The zero-order valence-corrected chi connectivity index (χ0v) is 58.1. The van der Waals surface area contributed by atoms with Gasteiger partial charge in [-0.2, -0.15) is 0 Å². The first-order chi connectivity index (χ1) is 45.9. The van der Waals surface area contributed by atoms with Gasteiger partial charge in [0.15, 0.2) is 0 Å². The Kier molecular flexibility index (Phi) is 11.9. The molecule has 0 saturated heterocycles. The number of nitrogens with zero attached hydrogens (tertiary/aromatic N) is 3. The zero-order chi connectivity index (χ0) is 64.8. The average Bonchev–Trinajstić information content (AvgIpc) is 1.54. The summed E-state index contributed by atoms with van der Waals surface area (Å²) in [7, 11) is 0. The van der Waals surface area contributed by atoms with E-state index >= 15 is 0 Å². The van der Waals surface area contributed by atoms with Gasteiger partial charge in [0.25, 0.3) is 0 Å². The molecular formula is C92H89N3. The summed E-state index contributed by atoms with van der Waals surface area (Å²) in [5.41, 5.74) is 29.4. The lowest BCUT2D eigenvalue weighted by atomic mass is 9.60. The Labute approximate surface area is 562 Å². The fourth-order valence-electron chi connectivity index (χ4n) is 22.9. The van der Waals surface area contributed by atoms with Crippen molar-refractivity contribution in [3.8, 4) is 33.4 Å².